The van der Waals surface area contributed by atoms with Crippen molar-refractivity contribution in [3.63, 3.8) is 0 Å². The number of fused-ring (bicyclic) bond motifs is 2. The van der Waals surface area contributed by atoms with Crippen molar-refractivity contribution in [2.45, 2.75) is 0 Å². The minimum Gasteiger partial charge on any atom is -0.504 e. The van der Waals surface area contributed by atoms with E-state index < -0.39 is 0 Å². The van der Waals surface area contributed by atoms with E-state index in [1.54, 1.807) is 6.07 Å². The first-order valence-electron chi connectivity index (χ1n) is 5.11. The Labute approximate surface area is 141 Å². The third kappa shape index (κ3) is 2.30. The number of hydrogen-bond donors (Lipinski definition) is 1. The van der Waals surface area contributed by atoms with Gasteiger partial charge in [0.05, 0.1) is 15.5 Å². The maximum Gasteiger partial charge on any atom is 0.157 e. The molecule has 1 aromatic heterocycles. The van der Waals surface area contributed by atoms with Crippen LogP contribution in [0.1, 0.15) is 0 Å². The highest BCUT2D eigenvalue weighted by atomic mass is 79.9. The van der Waals surface area contributed by atoms with Gasteiger partial charge in [0.2, 0.25) is 0 Å². The van der Waals surface area contributed by atoms with Gasteiger partial charge in [-0.05, 0) is 81.9 Å². The molecular weight excluding hydrogens is 508 g/mol. The van der Waals surface area contributed by atoms with Crippen LogP contribution in [0.2, 0.25) is 0 Å². The SMILES string of the molecule is Oc1c(Br)cc(Br)c2nc3cc(Br)c(Br)cc3nc12. The smallest absolute Gasteiger partial charge is 0.157 e. The molecule has 2 aromatic carbocycles. The molecule has 0 amide bonds. The van der Waals surface area contributed by atoms with Gasteiger partial charge in [-0.15, -0.1) is 0 Å². The van der Waals surface area contributed by atoms with Crippen LogP contribution < -0.4 is 0 Å². The summed E-state index contributed by atoms with van der Waals surface area (Å²) < 4.78 is 3.16. The van der Waals surface area contributed by atoms with E-state index in [-0.39, 0.29) is 5.75 Å². The molecule has 0 saturated heterocycles. The van der Waals surface area contributed by atoms with Crippen LogP contribution >= 0.6 is 63.7 Å². The van der Waals surface area contributed by atoms with Gasteiger partial charge in [-0.3, -0.25) is 0 Å². The molecule has 0 fully saturated rings. The number of aromatic nitrogens is 2. The van der Waals surface area contributed by atoms with E-state index in [9.17, 15) is 5.11 Å². The lowest BCUT2D eigenvalue weighted by Gasteiger charge is -2.07. The van der Waals surface area contributed by atoms with Gasteiger partial charge in [0.1, 0.15) is 11.0 Å². The van der Waals surface area contributed by atoms with Crippen LogP contribution in [0.15, 0.2) is 36.1 Å². The average molecular weight is 512 g/mol. The van der Waals surface area contributed by atoms with Gasteiger partial charge in [0.25, 0.3) is 0 Å². The number of hydrogen-bond acceptors (Lipinski definition) is 3. The number of benzene rings is 2. The van der Waals surface area contributed by atoms with Crippen molar-refractivity contribution in [1.82, 2.24) is 9.97 Å². The lowest BCUT2D eigenvalue weighted by atomic mass is 10.2. The molecule has 0 saturated carbocycles. The van der Waals surface area contributed by atoms with Crippen LogP contribution in [-0.4, -0.2) is 15.1 Å². The van der Waals surface area contributed by atoms with Gasteiger partial charge in [-0.25, -0.2) is 9.97 Å². The largest absolute Gasteiger partial charge is 0.504 e. The van der Waals surface area contributed by atoms with Crippen LogP contribution in [0.3, 0.4) is 0 Å². The van der Waals surface area contributed by atoms with Gasteiger partial charge < -0.3 is 5.11 Å². The molecule has 96 valence electrons. The van der Waals surface area contributed by atoms with E-state index in [0.717, 1.165) is 18.9 Å². The lowest BCUT2D eigenvalue weighted by molar-refractivity contribution is 0.477. The number of aromatic hydroxyl groups is 1. The first-order valence-corrected chi connectivity index (χ1v) is 8.28. The molecule has 3 rings (SSSR count). The molecule has 0 aliphatic heterocycles. The van der Waals surface area contributed by atoms with Crippen molar-refractivity contribution in [2.24, 2.45) is 0 Å². The normalized spacial score (nSPS) is 11.4. The second kappa shape index (κ2) is 4.95. The highest BCUT2D eigenvalue weighted by Gasteiger charge is 2.13. The molecule has 1 heterocycles. The zero-order valence-corrected chi connectivity index (χ0v) is 15.4. The molecule has 0 spiro atoms. The number of nitrogens with zero attached hydrogens (tertiary/aromatic N) is 2. The van der Waals surface area contributed by atoms with Gasteiger partial charge in [0.15, 0.2) is 5.75 Å². The predicted octanol–water partition coefficient (Wildman–Crippen LogP) is 5.54. The Morgan fingerprint density at radius 3 is 1.79 bits per heavy atom. The van der Waals surface area contributed by atoms with Crippen molar-refractivity contribution >= 4 is 85.8 Å². The monoisotopic (exact) mass is 508 g/mol. The number of phenolic OH excluding ortho intramolecular Hbond substituents is 1. The Morgan fingerprint density at radius 1 is 0.684 bits per heavy atom. The number of rotatable bonds is 0. The van der Waals surface area contributed by atoms with E-state index >= 15 is 0 Å². The van der Waals surface area contributed by atoms with Crippen LogP contribution in [0.5, 0.6) is 5.75 Å². The van der Waals surface area contributed by atoms with Crippen molar-refractivity contribution in [1.29, 1.82) is 0 Å². The zero-order valence-electron chi connectivity index (χ0n) is 9.09. The summed E-state index contributed by atoms with van der Waals surface area (Å²) in [5, 5.41) is 10.1. The number of halogens is 4. The zero-order chi connectivity index (χ0) is 13.7. The van der Waals surface area contributed by atoms with Gasteiger partial charge in [0, 0.05) is 13.4 Å². The minimum atomic E-state index is 0.0895. The first-order chi connectivity index (χ1) is 8.97. The molecule has 7 heteroatoms. The topological polar surface area (TPSA) is 46.0 Å². The van der Waals surface area contributed by atoms with Gasteiger partial charge >= 0.3 is 0 Å². The van der Waals surface area contributed by atoms with Crippen molar-refractivity contribution in [3.05, 3.63) is 36.1 Å². The Morgan fingerprint density at radius 2 is 1.21 bits per heavy atom. The van der Waals surface area contributed by atoms with Crippen LogP contribution in [0.25, 0.3) is 22.1 Å². The summed E-state index contributed by atoms with van der Waals surface area (Å²) in [4.78, 5) is 9.02. The van der Waals surface area contributed by atoms with E-state index in [1.807, 2.05) is 12.1 Å². The fraction of sp³-hybridized carbons (Fsp3) is 0. The summed E-state index contributed by atoms with van der Waals surface area (Å²) in [6.07, 6.45) is 0. The number of phenols is 1. The molecule has 3 aromatic rings. The quantitative estimate of drug-likeness (QED) is 0.403. The van der Waals surface area contributed by atoms with Crippen LogP contribution in [0, 0.1) is 0 Å². The Balaban J connectivity index is 2.52. The third-order valence-corrected chi connectivity index (χ3v) is 5.69. The molecule has 0 aliphatic rings. The van der Waals surface area contributed by atoms with Crippen molar-refractivity contribution in [3.8, 4) is 5.75 Å². The standard InChI is InChI=1S/C12H4Br4N2O/c13-4-2-8-9(3-5(4)14)18-11-10(17-8)6(15)1-7(16)12(11)19/h1-3,19H. The molecule has 0 radical (unpaired) electrons. The fourth-order valence-electron chi connectivity index (χ4n) is 1.74. The van der Waals surface area contributed by atoms with E-state index in [0.29, 0.717) is 21.0 Å². The lowest BCUT2D eigenvalue weighted by Crippen LogP contribution is -1.90. The summed E-state index contributed by atoms with van der Waals surface area (Å²) in [6.45, 7) is 0. The Bertz CT molecular complexity index is 835. The average Bonchev–Trinajstić information content (AvgIpc) is 2.36. The molecular formula is C12H4Br4N2O. The van der Waals surface area contributed by atoms with E-state index in [2.05, 4.69) is 73.7 Å². The highest BCUT2D eigenvalue weighted by Crippen LogP contribution is 2.37. The molecule has 1 N–H and O–H groups in total. The van der Waals surface area contributed by atoms with Crippen molar-refractivity contribution in [2.75, 3.05) is 0 Å². The second-order valence-corrected chi connectivity index (χ2v) is 7.28. The Hall–Kier alpha value is -0.240. The van der Waals surface area contributed by atoms with Crippen molar-refractivity contribution < 1.29 is 5.11 Å². The van der Waals surface area contributed by atoms with Gasteiger partial charge in [-0.2, -0.15) is 0 Å². The summed E-state index contributed by atoms with van der Waals surface area (Å²) in [5.41, 5.74) is 2.55. The predicted molar refractivity (Wildman–Crippen MR) is 89.5 cm³/mol. The fourth-order valence-corrected chi connectivity index (χ4v) is 3.64. The minimum absolute atomic E-state index is 0.0895. The molecule has 0 bridgehead atoms. The Kier molecular flexibility index (Phi) is 3.57. The molecule has 0 aliphatic carbocycles. The van der Waals surface area contributed by atoms with E-state index in [4.69, 9.17) is 0 Å². The van der Waals surface area contributed by atoms with Gasteiger partial charge in [-0.1, -0.05) is 0 Å². The van der Waals surface area contributed by atoms with Crippen LogP contribution in [-0.2, 0) is 0 Å². The molecule has 3 nitrogen and oxygen atoms in total. The molecule has 19 heavy (non-hydrogen) atoms. The van der Waals surface area contributed by atoms with E-state index in [1.165, 1.54) is 0 Å². The van der Waals surface area contributed by atoms with Crippen LogP contribution in [0.4, 0.5) is 0 Å². The summed E-state index contributed by atoms with van der Waals surface area (Å²) in [7, 11) is 0. The first kappa shape index (κ1) is 13.7. The molecule has 0 unspecified atom stereocenters. The summed E-state index contributed by atoms with van der Waals surface area (Å²) in [5.74, 6) is 0.0895. The highest BCUT2D eigenvalue weighted by molar-refractivity contribution is 9.13. The summed E-state index contributed by atoms with van der Waals surface area (Å²) in [6, 6.07) is 5.50. The maximum absolute atomic E-state index is 10.1. The second-order valence-electron chi connectivity index (χ2n) is 3.86. The third-order valence-electron chi connectivity index (χ3n) is 2.64. The maximum atomic E-state index is 10.1. The summed E-state index contributed by atoms with van der Waals surface area (Å²) >= 11 is 13.6. The molecule has 0 atom stereocenters.